The van der Waals surface area contributed by atoms with Crippen molar-refractivity contribution in [3.05, 3.63) is 24.0 Å². The van der Waals surface area contributed by atoms with Crippen LogP contribution in [-0.4, -0.2) is 21.9 Å². The van der Waals surface area contributed by atoms with E-state index in [0.717, 1.165) is 23.4 Å². The highest BCUT2D eigenvalue weighted by atomic mass is 16.5. The minimum Gasteiger partial charge on any atom is -0.372 e. The molecule has 0 fully saturated rings. The fourth-order valence-corrected chi connectivity index (χ4v) is 2.12. The van der Waals surface area contributed by atoms with Crippen molar-refractivity contribution in [3.8, 4) is 12.1 Å². The summed E-state index contributed by atoms with van der Waals surface area (Å²) in [4.78, 5) is 4.50. The van der Waals surface area contributed by atoms with Gasteiger partial charge in [0.15, 0.2) is 0 Å². The molecule has 0 atom stereocenters. The van der Waals surface area contributed by atoms with Crippen molar-refractivity contribution in [2.24, 2.45) is 5.10 Å². The molecule has 0 aliphatic carbocycles. The number of nitrogens with zero attached hydrogens (tertiary/aromatic N) is 5. The Morgan fingerprint density at radius 2 is 2.25 bits per heavy atom. The monoisotopic (exact) mass is 266 g/mol. The van der Waals surface area contributed by atoms with Gasteiger partial charge in [-0.25, -0.2) is 4.98 Å². The molecule has 1 aliphatic heterocycles. The first-order valence-electron chi connectivity index (χ1n) is 6.02. The van der Waals surface area contributed by atoms with Gasteiger partial charge in [0.2, 0.25) is 5.71 Å². The Bertz CT molecular complexity index is 760. The highest BCUT2D eigenvalue weighted by Gasteiger charge is 2.14. The highest BCUT2D eigenvalue weighted by molar-refractivity contribution is 6.10. The second-order valence-corrected chi connectivity index (χ2v) is 4.23. The molecule has 1 N–H and O–H groups in total. The molecule has 2 aromatic rings. The molecule has 0 radical (unpaired) electrons. The Balaban J connectivity index is 1.94. The number of benzene rings is 1. The van der Waals surface area contributed by atoms with Gasteiger partial charge < -0.3 is 9.30 Å². The fraction of sp³-hybridized carbons (Fsp3) is 0.231. The van der Waals surface area contributed by atoms with Gasteiger partial charge in [-0.15, -0.1) is 0 Å². The van der Waals surface area contributed by atoms with Gasteiger partial charge >= 0.3 is 0 Å². The van der Waals surface area contributed by atoms with E-state index in [1.54, 1.807) is 12.1 Å². The summed E-state index contributed by atoms with van der Waals surface area (Å²) < 4.78 is 7.50. The van der Waals surface area contributed by atoms with E-state index in [4.69, 9.17) is 15.3 Å². The second kappa shape index (κ2) is 5.00. The largest absolute Gasteiger partial charge is 0.372 e. The maximum absolute atomic E-state index is 8.61. The van der Waals surface area contributed by atoms with Crippen LogP contribution in [-0.2, 0) is 17.9 Å². The van der Waals surface area contributed by atoms with Crippen molar-refractivity contribution in [1.82, 2.24) is 9.55 Å². The van der Waals surface area contributed by atoms with Crippen LogP contribution in [0.15, 0.2) is 23.3 Å². The summed E-state index contributed by atoms with van der Waals surface area (Å²) >= 11 is 0. The molecule has 7 nitrogen and oxygen atoms in total. The summed E-state index contributed by atoms with van der Waals surface area (Å²) in [6, 6.07) is 8.98. The van der Waals surface area contributed by atoms with E-state index in [0.29, 0.717) is 18.9 Å². The number of fused-ring (bicyclic) bond motifs is 3. The maximum atomic E-state index is 8.61. The van der Waals surface area contributed by atoms with E-state index in [1.165, 1.54) is 0 Å². The number of hydrogen-bond acceptors (Lipinski definition) is 6. The molecule has 1 aromatic carbocycles. The zero-order valence-corrected chi connectivity index (χ0v) is 10.5. The molecule has 2 heterocycles. The summed E-state index contributed by atoms with van der Waals surface area (Å²) in [7, 11) is 0. The molecule has 1 aromatic heterocycles. The van der Waals surface area contributed by atoms with Crippen molar-refractivity contribution in [2.45, 2.75) is 13.2 Å². The van der Waals surface area contributed by atoms with Gasteiger partial charge in [-0.1, -0.05) is 0 Å². The lowest BCUT2D eigenvalue weighted by Crippen LogP contribution is -2.16. The molecule has 0 amide bonds. The predicted octanol–water partition coefficient (Wildman–Crippen LogP) is 1.38. The van der Waals surface area contributed by atoms with E-state index in [2.05, 4.69) is 20.1 Å². The lowest BCUT2D eigenvalue weighted by molar-refractivity contribution is 0.0830. The first-order valence-corrected chi connectivity index (χ1v) is 6.02. The van der Waals surface area contributed by atoms with E-state index in [1.807, 2.05) is 18.2 Å². The number of anilines is 1. The number of aromatic nitrogens is 2. The Kier molecular flexibility index (Phi) is 3.04. The number of imidazole rings is 1. The van der Waals surface area contributed by atoms with Gasteiger partial charge in [0.1, 0.15) is 24.6 Å². The molecule has 20 heavy (non-hydrogen) atoms. The molecule has 7 heteroatoms. The topological polar surface area (TPSA) is 99.0 Å². The lowest BCUT2D eigenvalue weighted by atomic mass is 10.3. The molecule has 0 unspecified atom stereocenters. The first-order chi connectivity index (χ1) is 9.81. The molecule has 0 bridgehead atoms. The number of hydrazone groups is 1. The van der Waals surface area contributed by atoms with Crippen LogP contribution in [0.3, 0.4) is 0 Å². The number of nitriles is 2. The predicted molar refractivity (Wildman–Crippen MR) is 71.7 cm³/mol. The molecule has 1 aliphatic rings. The normalized spacial score (nSPS) is 13.1. The molecule has 3 rings (SSSR count). The summed E-state index contributed by atoms with van der Waals surface area (Å²) in [5, 5.41) is 20.9. The zero-order valence-electron chi connectivity index (χ0n) is 10.5. The van der Waals surface area contributed by atoms with Crippen LogP contribution in [0.1, 0.15) is 5.82 Å². The Labute approximate surface area is 114 Å². The van der Waals surface area contributed by atoms with Crippen molar-refractivity contribution in [1.29, 1.82) is 10.5 Å². The average molecular weight is 266 g/mol. The van der Waals surface area contributed by atoms with Crippen LogP contribution in [0.25, 0.3) is 11.0 Å². The Morgan fingerprint density at radius 3 is 3.05 bits per heavy atom. The van der Waals surface area contributed by atoms with Crippen molar-refractivity contribution in [3.63, 3.8) is 0 Å². The third-order valence-electron chi connectivity index (χ3n) is 3.03. The van der Waals surface area contributed by atoms with Gasteiger partial charge in [-0.3, -0.25) is 5.43 Å². The number of rotatable bonds is 2. The van der Waals surface area contributed by atoms with E-state index < -0.39 is 0 Å². The Hall–Kier alpha value is -2.90. The SMILES string of the molecule is N#CC(C#N)=NNc1ccc2c(c1)nc1n2CCOC1. The minimum atomic E-state index is -0.220. The lowest BCUT2D eigenvalue weighted by Gasteiger charge is -2.14. The zero-order chi connectivity index (χ0) is 13.9. The number of ether oxygens (including phenoxy) is 1. The van der Waals surface area contributed by atoms with Gasteiger partial charge in [0, 0.05) is 6.54 Å². The molecule has 98 valence electrons. The van der Waals surface area contributed by atoms with Gasteiger partial charge in [-0.2, -0.15) is 15.6 Å². The third kappa shape index (κ3) is 2.07. The van der Waals surface area contributed by atoms with Crippen LogP contribution >= 0.6 is 0 Å². The first kappa shape index (κ1) is 12.2. The van der Waals surface area contributed by atoms with Crippen LogP contribution in [0, 0.1) is 22.7 Å². The van der Waals surface area contributed by atoms with E-state index in [-0.39, 0.29) is 5.71 Å². The van der Waals surface area contributed by atoms with Crippen LogP contribution in [0.2, 0.25) is 0 Å². The fourth-order valence-electron chi connectivity index (χ4n) is 2.12. The van der Waals surface area contributed by atoms with Gasteiger partial charge in [-0.05, 0) is 18.2 Å². The quantitative estimate of drug-likeness (QED) is 0.654. The van der Waals surface area contributed by atoms with Gasteiger partial charge in [0.25, 0.3) is 0 Å². The second-order valence-electron chi connectivity index (χ2n) is 4.23. The highest BCUT2D eigenvalue weighted by Crippen LogP contribution is 2.22. The standard InChI is InChI=1S/C13H10N6O/c14-6-10(7-15)18-17-9-1-2-12-11(5-9)16-13-8-20-4-3-19(12)13/h1-2,5,17H,3-4,8H2. The van der Waals surface area contributed by atoms with Crippen LogP contribution in [0.5, 0.6) is 0 Å². The maximum Gasteiger partial charge on any atom is 0.237 e. The summed E-state index contributed by atoms with van der Waals surface area (Å²) in [6.07, 6.45) is 0. The van der Waals surface area contributed by atoms with Crippen molar-refractivity contribution in [2.75, 3.05) is 12.0 Å². The summed E-state index contributed by atoms with van der Waals surface area (Å²) in [5.74, 6) is 0.904. The molecule has 0 saturated heterocycles. The van der Waals surface area contributed by atoms with Crippen molar-refractivity contribution >= 4 is 22.4 Å². The number of nitrogens with one attached hydrogen (secondary N) is 1. The summed E-state index contributed by atoms with van der Waals surface area (Å²) in [6.45, 7) is 2.00. The molecular formula is C13H10N6O. The van der Waals surface area contributed by atoms with Gasteiger partial charge in [0.05, 0.1) is 23.3 Å². The van der Waals surface area contributed by atoms with Crippen molar-refractivity contribution < 1.29 is 4.74 Å². The minimum absolute atomic E-state index is 0.220. The van der Waals surface area contributed by atoms with Crippen LogP contribution < -0.4 is 5.43 Å². The van der Waals surface area contributed by atoms with E-state index in [9.17, 15) is 0 Å². The molecule has 0 spiro atoms. The number of hydrogen-bond donors (Lipinski definition) is 1. The summed E-state index contributed by atoms with van der Waals surface area (Å²) in [5.41, 5.74) is 5.01. The Morgan fingerprint density at radius 1 is 1.40 bits per heavy atom. The average Bonchev–Trinajstić information content (AvgIpc) is 2.86. The molecular weight excluding hydrogens is 256 g/mol. The smallest absolute Gasteiger partial charge is 0.237 e. The van der Waals surface area contributed by atoms with E-state index >= 15 is 0 Å². The van der Waals surface area contributed by atoms with Crippen LogP contribution in [0.4, 0.5) is 5.69 Å². The third-order valence-corrected chi connectivity index (χ3v) is 3.03. The molecule has 0 saturated carbocycles.